The fourth-order valence-electron chi connectivity index (χ4n) is 5.18. The predicted molar refractivity (Wildman–Crippen MR) is 159 cm³/mol. The van der Waals surface area contributed by atoms with Crippen LogP contribution in [0.3, 0.4) is 0 Å². The van der Waals surface area contributed by atoms with Gasteiger partial charge in [-0.15, -0.1) is 11.8 Å². The fourth-order valence-corrected chi connectivity index (χ4v) is 6.72. The number of carbonyl (C=O) groups excluding carboxylic acids is 2. The second-order valence-corrected chi connectivity index (χ2v) is 11.4. The highest BCUT2D eigenvalue weighted by molar-refractivity contribution is 8.00. The molecule has 3 heterocycles. The lowest BCUT2D eigenvalue weighted by molar-refractivity contribution is -0.134. The third-order valence-corrected chi connectivity index (χ3v) is 8.84. The van der Waals surface area contributed by atoms with Gasteiger partial charge in [0.25, 0.3) is 0 Å². The number of morpholine rings is 1. The van der Waals surface area contributed by atoms with Gasteiger partial charge in [0.1, 0.15) is 12.4 Å². The number of hydrogen-bond donors (Lipinski definition) is 0. The first-order valence-electron chi connectivity index (χ1n) is 13.3. The third-order valence-electron chi connectivity index (χ3n) is 7.26. The highest BCUT2D eigenvalue weighted by Crippen LogP contribution is 2.49. The van der Waals surface area contributed by atoms with Crippen molar-refractivity contribution in [3.8, 4) is 16.9 Å². The van der Waals surface area contributed by atoms with Crippen LogP contribution in [0.1, 0.15) is 21.9 Å². The van der Waals surface area contributed by atoms with E-state index in [1.165, 1.54) is 11.8 Å². The highest BCUT2D eigenvalue weighted by atomic mass is 35.5. The van der Waals surface area contributed by atoms with Gasteiger partial charge in [0.2, 0.25) is 11.8 Å². The summed E-state index contributed by atoms with van der Waals surface area (Å²) in [6, 6.07) is 25.7. The van der Waals surface area contributed by atoms with Gasteiger partial charge in [0.05, 0.1) is 35.6 Å². The number of benzene rings is 3. The van der Waals surface area contributed by atoms with Gasteiger partial charge in [-0.3, -0.25) is 14.5 Å². The van der Waals surface area contributed by atoms with E-state index in [1.807, 2.05) is 90.5 Å². The molecule has 7 nitrogen and oxygen atoms in total. The summed E-state index contributed by atoms with van der Waals surface area (Å²) in [4.78, 5) is 30.8. The van der Waals surface area contributed by atoms with Crippen LogP contribution in [0.4, 0.5) is 5.82 Å². The molecule has 0 aliphatic carbocycles. The molecule has 40 heavy (non-hydrogen) atoms. The highest BCUT2D eigenvalue weighted by Gasteiger charge is 2.38. The minimum Gasteiger partial charge on any atom is -0.378 e. The van der Waals surface area contributed by atoms with Crippen LogP contribution in [0.5, 0.6) is 0 Å². The van der Waals surface area contributed by atoms with Crippen LogP contribution in [0.2, 0.25) is 5.02 Å². The van der Waals surface area contributed by atoms with Crippen molar-refractivity contribution in [2.45, 2.75) is 12.2 Å². The number of nitrogens with zero attached hydrogens (tertiary/aromatic N) is 4. The number of anilines is 1. The molecule has 0 bridgehead atoms. The van der Waals surface area contributed by atoms with Crippen LogP contribution in [-0.2, 0) is 14.3 Å². The zero-order valence-corrected chi connectivity index (χ0v) is 23.7. The smallest absolute Gasteiger partial charge is 0.242 e. The van der Waals surface area contributed by atoms with E-state index in [4.69, 9.17) is 21.4 Å². The van der Waals surface area contributed by atoms with Crippen molar-refractivity contribution >= 4 is 41.0 Å². The summed E-state index contributed by atoms with van der Waals surface area (Å²) >= 11 is 8.28. The van der Waals surface area contributed by atoms with Crippen molar-refractivity contribution in [3.63, 3.8) is 0 Å². The maximum Gasteiger partial charge on any atom is 0.242 e. The fraction of sp³-hybridized carbons (Fsp3) is 0.258. The Morgan fingerprint density at radius 3 is 2.42 bits per heavy atom. The van der Waals surface area contributed by atoms with Crippen LogP contribution in [-0.4, -0.2) is 65.1 Å². The summed E-state index contributed by atoms with van der Waals surface area (Å²) in [6.45, 7) is 3.97. The molecule has 6 rings (SSSR count). The van der Waals surface area contributed by atoms with E-state index in [0.29, 0.717) is 37.1 Å². The Balaban J connectivity index is 1.59. The maximum absolute atomic E-state index is 13.9. The maximum atomic E-state index is 13.9. The zero-order chi connectivity index (χ0) is 27.6. The van der Waals surface area contributed by atoms with Gasteiger partial charge in [-0.2, -0.15) is 5.10 Å². The standard InChI is InChI=1S/C31H29ClN4O3S/c1-21-11-13-23(14-12-21)36-31-28(29(33-36)22-7-3-2-4-8-22)30(24-9-5-6-10-25(24)32)40-20-27(38)35(31)19-26(37)34-15-17-39-18-16-34/h2-14,30H,15-20H2,1H3/t30-/m1/s1. The molecule has 0 saturated carbocycles. The first kappa shape index (κ1) is 26.6. The van der Waals surface area contributed by atoms with E-state index in [0.717, 1.165) is 33.6 Å². The molecular formula is C31H29ClN4O3S. The van der Waals surface area contributed by atoms with Crippen LogP contribution in [0, 0.1) is 6.92 Å². The second-order valence-electron chi connectivity index (χ2n) is 9.88. The molecule has 2 aliphatic rings. The van der Waals surface area contributed by atoms with Gasteiger partial charge in [0.15, 0.2) is 0 Å². The summed E-state index contributed by atoms with van der Waals surface area (Å²) in [7, 11) is 0. The monoisotopic (exact) mass is 572 g/mol. The second kappa shape index (κ2) is 11.5. The van der Waals surface area contributed by atoms with Crippen LogP contribution >= 0.6 is 23.4 Å². The SMILES string of the molecule is Cc1ccc(-n2nc(-c3ccccc3)c3c2N(CC(=O)N2CCOCC2)C(=O)CS[C@@H]3c2ccccc2Cl)cc1. The molecule has 0 N–H and O–H groups in total. The largest absolute Gasteiger partial charge is 0.378 e. The van der Waals surface area contributed by atoms with Crippen molar-refractivity contribution in [1.29, 1.82) is 0 Å². The van der Waals surface area contributed by atoms with Crippen LogP contribution < -0.4 is 4.90 Å². The van der Waals surface area contributed by atoms with E-state index in [1.54, 1.807) is 9.80 Å². The van der Waals surface area contributed by atoms with Gasteiger partial charge in [-0.05, 0) is 30.7 Å². The summed E-state index contributed by atoms with van der Waals surface area (Å²) in [5.74, 6) is 0.546. The quantitative estimate of drug-likeness (QED) is 0.315. The lowest BCUT2D eigenvalue weighted by atomic mass is 9.99. The first-order chi connectivity index (χ1) is 19.5. The molecule has 2 amide bonds. The van der Waals surface area contributed by atoms with Crippen LogP contribution in [0.25, 0.3) is 16.9 Å². The Morgan fingerprint density at radius 1 is 1.00 bits per heavy atom. The van der Waals surface area contributed by atoms with Crippen molar-refractivity contribution in [1.82, 2.24) is 14.7 Å². The summed E-state index contributed by atoms with van der Waals surface area (Å²) in [6.07, 6.45) is 0. The molecule has 2 aliphatic heterocycles. The van der Waals surface area contributed by atoms with Crippen molar-refractivity contribution in [3.05, 3.63) is 101 Å². The van der Waals surface area contributed by atoms with Gasteiger partial charge in [-0.25, -0.2) is 4.68 Å². The molecule has 1 aromatic heterocycles. The first-order valence-corrected chi connectivity index (χ1v) is 14.7. The van der Waals surface area contributed by atoms with Gasteiger partial charge in [-0.1, -0.05) is 77.8 Å². The number of fused-ring (bicyclic) bond motifs is 1. The number of amides is 2. The Kier molecular flexibility index (Phi) is 7.65. The Morgan fingerprint density at radius 2 is 1.70 bits per heavy atom. The van der Waals surface area contributed by atoms with Crippen molar-refractivity contribution in [2.24, 2.45) is 0 Å². The number of aromatic nitrogens is 2. The summed E-state index contributed by atoms with van der Waals surface area (Å²) in [5.41, 5.74) is 5.38. The van der Waals surface area contributed by atoms with Crippen molar-refractivity contribution < 1.29 is 14.3 Å². The topological polar surface area (TPSA) is 67.7 Å². The lowest BCUT2D eigenvalue weighted by Gasteiger charge is -2.30. The van der Waals surface area contributed by atoms with Gasteiger partial charge < -0.3 is 9.64 Å². The molecule has 9 heteroatoms. The minimum absolute atomic E-state index is 0.0760. The number of carbonyl (C=O) groups is 2. The molecule has 1 fully saturated rings. The Labute approximate surface area is 242 Å². The van der Waals surface area contributed by atoms with E-state index < -0.39 is 0 Å². The molecule has 1 atom stereocenters. The summed E-state index contributed by atoms with van der Waals surface area (Å²) < 4.78 is 7.26. The average Bonchev–Trinajstić information content (AvgIpc) is 3.31. The molecule has 3 aromatic carbocycles. The number of ether oxygens (including phenoxy) is 1. The lowest BCUT2D eigenvalue weighted by Crippen LogP contribution is -2.48. The number of thioether (sulfide) groups is 1. The number of rotatable bonds is 5. The molecule has 0 spiro atoms. The normalized spacial score (nSPS) is 17.4. The third kappa shape index (κ3) is 5.14. The average molecular weight is 573 g/mol. The van der Waals surface area contributed by atoms with Crippen LogP contribution in [0.15, 0.2) is 78.9 Å². The number of aryl methyl sites for hydroxylation is 1. The number of hydrogen-bond acceptors (Lipinski definition) is 5. The molecule has 1 saturated heterocycles. The Hall–Kier alpha value is -3.59. The predicted octanol–water partition coefficient (Wildman–Crippen LogP) is 5.53. The van der Waals surface area contributed by atoms with E-state index in [-0.39, 0.29) is 29.4 Å². The molecule has 0 radical (unpaired) electrons. The van der Waals surface area contributed by atoms with E-state index in [2.05, 4.69) is 0 Å². The summed E-state index contributed by atoms with van der Waals surface area (Å²) in [5, 5.41) is 5.49. The zero-order valence-electron chi connectivity index (χ0n) is 22.1. The Bertz CT molecular complexity index is 1530. The molecule has 204 valence electrons. The van der Waals surface area contributed by atoms with E-state index in [9.17, 15) is 9.59 Å². The number of halogens is 1. The van der Waals surface area contributed by atoms with Gasteiger partial charge in [0, 0.05) is 29.2 Å². The molecule has 4 aromatic rings. The van der Waals surface area contributed by atoms with E-state index >= 15 is 0 Å². The molecule has 0 unspecified atom stereocenters. The van der Waals surface area contributed by atoms with Gasteiger partial charge >= 0.3 is 0 Å². The van der Waals surface area contributed by atoms with Crippen molar-refractivity contribution in [2.75, 3.05) is 43.5 Å². The minimum atomic E-state index is -0.273. The molecular weight excluding hydrogens is 544 g/mol.